The standard InChI is InChI=1S/C17H29N3O/c1-4-8-18-13-15-7-9-19-17(12-15)20(10-11-21-3)14(2)16-5-6-16/h7,9,12,14,16,18H,4-6,8,10-11,13H2,1-3H3. The van der Waals surface area contributed by atoms with E-state index in [1.54, 1.807) is 7.11 Å². The summed E-state index contributed by atoms with van der Waals surface area (Å²) in [4.78, 5) is 7.00. The predicted molar refractivity (Wildman–Crippen MR) is 87.6 cm³/mol. The fourth-order valence-corrected chi connectivity index (χ4v) is 2.69. The summed E-state index contributed by atoms with van der Waals surface area (Å²) in [5.41, 5.74) is 1.30. The summed E-state index contributed by atoms with van der Waals surface area (Å²) in [6.45, 7) is 8.14. The van der Waals surface area contributed by atoms with Gasteiger partial charge in [0.05, 0.1) is 6.61 Å². The first-order valence-electron chi connectivity index (χ1n) is 8.17. The van der Waals surface area contributed by atoms with Crippen molar-refractivity contribution in [1.29, 1.82) is 0 Å². The third-order valence-electron chi connectivity index (χ3n) is 4.19. The van der Waals surface area contributed by atoms with Crippen molar-refractivity contribution in [2.24, 2.45) is 5.92 Å². The second kappa shape index (κ2) is 8.35. The Kier molecular flexibility index (Phi) is 6.46. The van der Waals surface area contributed by atoms with Gasteiger partial charge in [-0.1, -0.05) is 6.92 Å². The number of methoxy groups -OCH3 is 1. The van der Waals surface area contributed by atoms with Crippen molar-refractivity contribution in [3.8, 4) is 0 Å². The molecule has 0 radical (unpaired) electrons. The van der Waals surface area contributed by atoms with Crippen LogP contribution in [0.3, 0.4) is 0 Å². The molecule has 0 bridgehead atoms. The Labute approximate surface area is 128 Å². The van der Waals surface area contributed by atoms with Gasteiger partial charge in [0, 0.05) is 32.4 Å². The van der Waals surface area contributed by atoms with E-state index in [1.165, 1.54) is 18.4 Å². The molecule has 1 aromatic rings. The highest BCUT2D eigenvalue weighted by molar-refractivity contribution is 5.42. The lowest BCUT2D eigenvalue weighted by Crippen LogP contribution is -2.38. The summed E-state index contributed by atoms with van der Waals surface area (Å²) < 4.78 is 5.27. The van der Waals surface area contributed by atoms with Crippen LogP contribution in [-0.2, 0) is 11.3 Å². The fourth-order valence-electron chi connectivity index (χ4n) is 2.69. The van der Waals surface area contributed by atoms with Gasteiger partial charge in [0.15, 0.2) is 0 Å². The molecule has 2 rings (SSSR count). The van der Waals surface area contributed by atoms with Crippen molar-refractivity contribution in [3.05, 3.63) is 23.9 Å². The zero-order chi connectivity index (χ0) is 15.1. The van der Waals surface area contributed by atoms with Crippen LogP contribution in [0.25, 0.3) is 0 Å². The Morgan fingerprint density at radius 2 is 2.29 bits per heavy atom. The zero-order valence-electron chi connectivity index (χ0n) is 13.6. The van der Waals surface area contributed by atoms with E-state index in [0.717, 1.165) is 44.4 Å². The van der Waals surface area contributed by atoms with Crippen molar-refractivity contribution >= 4 is 5.82 Å². The number of pyridine rings is 1. The molecular weight excluding hydrogens is 262 g/mol. The van der Waals surface area contributed by atoms with Gasteiger partial charge >= 0.3 is 0 Å². The minimum Gasteiger partial charge on any atom is -0.383 e. The Balaban J connectivity index is 2.04. The fraction of sp³-hybridized carbons (Fsp3) is 0.706. The number of nitrogens with zero attached hydrogens (tertiary/aromatic N) is 2. The van der Waals surface area contributed by atoms with Gasteiger partial charge in [-0.3, -0.25) is 0 Å². The first-order valence-corrected chi connectivity index (χ1v) is 8.17. The summed E-state index contributed by atoms with van der Waals surface area (Å²) in [5, 5.41) is 3.45. The minimum atomic E-state index is 0.548. The van der Waals surface area contributed by atoms with Crippen LogP contribution in [-0.4, -0.2) is 37.8 Å². The van der Waals surface area contributed by atoms with Crippen LogP contribution >= 0.6 is 0 Å². The molecule has 1 heterocycles. The Morgan fingerprint density at radius 3 is 2.95 bits per heavy atom. The second-order valence-electron chi connectivity index (χ2n) is 5.96. The maximum Gasteiger partial charge on any atom is 0.129 e. The number of anilines is 1. The average Bonchev–Trinajstić information content (AvgIpc) is 3.33. The van der Waals surface area contributed by atoms with E-state index >= 15 is 0 Å². The van der Waals surface area contributed by atoms with E-state index in [4.69, 9.17) is 4.74 Å². The molecule has 4 nitrogen and oxygen atoms in total. The van der Waals surface area contributed by atoms with E-state index in [9.17, 15) is 0 Å². The van der Waals surface area contributed by atoms with Crippen molar-refractivity contribution in [3.63, 3.8) is 0 Å². The Bertz CT molecular complexity index is 420. The maximum atomic E-state index is 5.27. The number of rotatable bonds is 10. The smallest absolute Gasteiger partial charge is 0.129 e. The Morgan fingerprint density at radius 1 is 1.48 bits per heavy atom. The molecule has 1 atom stereocenters. The molecule has 4 heteroatoms. The van der Waals surface area contributed by atoms with Crippen LogP contribution in [0.1, 0.15) is 38.7 Å². The van der Waals surface area contributed by atoms with Crippen LogP contribution < -0.4 is 10.2 Å². The molecule has 0 saturated heterocycles. The van der Waals surface area contributed by atoms with Gasteiger partial charge in [-0.05, 0) is 56.3 Å². The summed E-state index contributed by atoms with van der Waals surface area (Å²) in [7, 11) is 1.76. The van der Waals surface area contributed by atoms with Crippen LogP contribution in [0.4, 0.5) is 5.82 Å². The molecule has 0 aromatic carbocycles. The second-order valence-corrected chi connectivity index (χ2v) is 5.96. The molecule has 0 amide bonds. The molecule has 1 aliphatic rings. The van der Waals surface area contributed by atoms with E-state index in [1.807, 2.05) is 6.20 Å². The van der Waals surface area contributed by atoms with E-state index < -0.39 is 0 Å². The van der Waals surface area contributed by atoms with Crippen molar-refractivity contribution < 1.29 is 4.74 Å². The van der Waals surface area contributed by atoms with Gasteiger partial charge in [0.25, 0.3) is 0 Å². The average molecular weight is 291 g/mol. The van der Waals surface area contributed by atoms with E-state index in [-0.39, 0.29) is 0 Å². The van der Waals surface area contributed by atoms with Crippen LogP contribution in [0.15, 0.2) is 18.3 Å². The molecule has 1 unspecified atom stereocenters. The first-order chi connectivity index (χ1) is 10.3. The summed E-state index contributed by atoms with van der Waals surface area (Å²) in [5.74, 6) is 1.91. The molecule has 118 valence electrons. The molecule has 1 fully saturated rings. The number of hydrogen-bond donors (Lipinski definition) is 1. The lowest BCUT2D eigenvalue weighted by Gasteiger charge is -2.30. The van der Waals surface area contributed by atoms with Gasteiger partial charge in [0.2, 0.25) is 0 Å². The number of hydrogen-bond acceptors (Lipinski definition) is 4. The van der Waals surface area contributed by atoms with Crippen LogP contribution in [0, 0.1) is 5.92 Å². The third-order valence-corrected chi connectivity index (χ3v) is 4.19. The molecular formula is C17H29N3O. The SMILES string of the molecule is CCCNCc1ccnc(N(CCOC)C(C)C2CC2)c1. The van der Waals surface area contributed by atoms with Gasteiger partial charge in [0.1, 0.15) is 5.82 Å². The van der Waals surface area contributed by atoms with Crippen molar-refractivity contribution in [2.45, 2.75) is 45.7 Å². The highest BCUT2D eigenvalue weighted by atomic mass is 16.5. The molecule has 1 N–H and O–H groups in total. The van der Waals surface area contributed by atoms with Gasteiger partial charge in [-0.2, -0.15) is 0 Å². The highest BCUT2D eigenvalue weighted by Crippen LogP contribution is 2.36. The van der Waals surface area contributed by atoms with Gasteiger partial charge in [-0.15, -0.1) is 0 Å². The lowest BCUT2D eigenvalue weighted by molar-refractivity contribution is 0.202. The van der Waals surface area contributed by atoms with Crippen LogP contribution in [0.5, 0.6) is 0 Å². The number of ether oxygens (including phenoxy) is 1. The molecule has 1 aromatic heterocycles. The Hall–Kier alpha value is -1.13. The van der Waals surface area contributed by atoms with Crippen molar-refractivity contribution in [2.75, 3.05) is 31.7 Å². The monoisotopic (exact) mass is 291 g/mol. The molecule has 1 aliphatic carbocycles. The lowest BCUT2D eigenvalue weighted by atomic mass is 10.1. The highest BCUT2D eigenvalue weighted by Gasteiger charge is 2.32. The summed E-state index contributed by atoms with van der Waals surface area (Å²) in [6, 6.07) is 4.87. The zero-order valence-corrected chi connectivity index (χ0v) is 13.6. The van der Waals surface area contributed by atoms with Gasteiger partial charge < -0.3 is 15.0 Å². The van der Waals surface area contributed by atoms with Crippen molar-refractivity contribution in [1.82, 2.24) is 10.3 Å². The quantitative estimate of drug-likeness (QED) is 0.673. The number of aromatic nitrogens is 1. The van der Waals surface area contributed by atoms with Crippen LogP contribution in [0.2, 0.25) is 0 Å². The number of nitrogens with one attached hydrogen (secondary N) is 1. The molecule has 0 aliphatic heterocycles. The topological polar surface area (TPSA) is 37.4 Å². The van der Waals surface area contributed by atoms with Gasteiger partial charge in [-0.25, -0.2) is 4.98 Å². The predicted octanol–water partition coefficient (Wildman–Crippen LogP) is 2.83. The minimum absolute atomic E-state index is 0.548. The first kappa shape index (κ1) is 16.2. The summed E-state index contributed by atoms with van der Waals surface area (Å²) >= 11 is 0. The molecule has 21 heavy (non-hydrogen) atoms. The molecule has 1 saturated carbocycles. The van der Waals surface area contributed by atoms with E-state index in [2.05, 4.69) is 41.2 Å². The normalized spacial score (nSPS) is 16.0. The largest absolute Gasteiger partial charge is 0.383 e. The molecule has 0 spiro atoms. The maximum absolute atomic E-state index is 5.27. The summed E-state index contributed by atoms with van der Waals surface area (Å²) in [6.07, 6.45) is 5.79. The third kappa shape index (κ3) is 4.97. The van der Waals surface area contributed by atoms with E-state index in [0.29, 0.717) is 6.04 Å².